The second-order valence-electron chi connectivity index (χ2n) is 5.11. The quantitative estimate of drug-likeness (QED) is 0.612. The van der Waals surface area contributed by atoms with Crippen LogP contribution in [0.2, 0.25) is 0 Å². The fourth-order valence-electron chi connectivity index (χ4n) is 2.98. The summed E-state index contributed by atoms with van der Waals surface area (Å²) in [6.45, 7) is 2.09. The number of fused-ring (bicyclic) bond motifs is 2. The molecule has 0 unspecified atom stereocenters. The summed E-state index contributed by atoms with van der Waals surface area (Å²) in [4.78, 5) is 0. The SMILES string of the molecule is C[C]1([Ge]([Cl])([Cl])[Cl])c2ccccc2Cc2ccccc21. The second kappa shape index (κ2) is 4.70. The van der Waals surface area contributed by atoms with E-state index in [9.17, 15) is 0 Å². The van der Waals surface area contributed by atoms with Crippen molar-refractivity contribution >= 4 is 40.5 Å². The maximum atomic E-state index is 6.53. The molecule has 98 valence electrons. The third-order valence-electron chi connectivity index (χ3n) is 4.06. The molecule has 3 rings (SSSR count). The fraction of sp³-hybridized carbons (Fsp3) is 0.200. The molecular formula is C15H13Cl3Ge. The van der Waals surface area contributed by atoms with Gasteiger partial charge in [-0.3, -0.25) is 0 Å². The van der Waals surface area contributed by atoms with E-state index in [0.717, 1.165) is 6.42 Å². The van der Waals surface area contributed by atoms with Gasteiger partial charge in [0.05, 0.1) is 0 Å². The van der Waals surface area contributed by atoms with Crippen LogP contribution in [-0.4, -0.2) is 10.5 Å². The van der Waals surface area contributed by atoms with Gasteiger partial charge in [-0.15, -0.1) is 0 Å². The molecule has 2 aromatic carbocycles. The number of hydrogen-bond acceptors (Lipinski definition) is 0. The topological polar surface area (TPSA) is 0 Å². The summed E-state index contributed by atoms with van der Waals surface area (Å²) >= 11 is 0. The van der Waals surface area contributed by atoms with E-state index >= 15 is 0 Å². The van der Waals surface area contributed by atoms with E-state index in [1.165, 1.54) is 22.3 Å². The molecular weight excluding hydrogens is 359 g/mol. The van der Waals surface area contributed by atoms with Crippen LogP contribution in [0.4, 0.5) is 0 Å². The summed E-state index contributed by atoms with van der Waals surface area (Å²) in [5.41, 5.74) is 4.93. The summed E-state index contributed by atoms with van der Waals surface area (Å²) in [6, 6.07) is 16.7. The fourth-order valence-corrected chi connectivity index (χ4v) is 8.46. The molecule has 0 radical (unpaired) electrons. The van der Waals surface area contributed by atoms with E-state index in [0.29, 0.717) is 0 Å². The standard InChI is InChI=1S/C15H13Cl3Ge/c1-15(19(16,17)18)13-8-4-2-6-11(13)10-12-7-3-5-9-14(12)15/h2-9H,10H2,1H3. The van der Waals surface area contributed by atoms with Crippen molar-refractivity contribution in [2.75, 3.05) is 0 Å². The first-order chi connectivity index (χ1) is 8.94. The van der Waals surface area contributed by atoms with E-state index in [4.69, 9.17) is 30.0 Å². The van der Waals surface area contributed by atoms with Crippen molar-refractivity contribution in [3.05, 3.63) is 70.8 Å². The molecule has 0 amide bonds. The van der Waals surface area contributed by atoms with Crippen LogP contribution < -0.4 is 0 Å². The van der Waals surface area contributed by atoms with Gasteiger partial charge in [-0.1, -0.05) is 0 Å². The molecule has 0 bridgehead atoms. The van der Waals surface area contributed by atoms with E-state index in [-0.39, 0.29) is 0 Å². The normalized spacial score (nSPS) is 16.6. The second-order valence-corrected chi connectivity index (χ2v) is 21.2. The van der Waals surface area contributed by atoms with Crippen molar-refractivity contribution in [3.8, 4) is 0 Å². The summed E-state index contributed by atoms with van der Waals surface area (Å²) in [5.74, 6) is 0. The van der Waals surface area contributed by atoms with Crippen molar-refractivity contribution in [2.45, 2.75) is 17.6 Å². The molecule has 0 spiro atoms. The Labute approximate surface area is 128 Å². The summed E-state index contributed by atoms with van der Waals surface area (Å²) in [6.07, 6.45) is 0.922. The first-order valence-corrected chi connectivity index (χ1v) is 15.5. The first-order valence-electron chi connectivity index (χ1n) is 6.18. The molecule has 4 heteroatoms. The number of hydrogen-bond donors (Lipinski definition) is 0. The van der Waals surface area contributed by atoms with Crippen molar-refractivity contribution in [1.82, 2.24) is 0 Å². The Hall–Kier alpha value is -0.147. The van der Waals surface area contributed by atoms with E-state index in [1.807, 2.05) is 12.1 Å². The van der Waals surface area contributed by atoms with Gasteiger partial charge < -0.3 is 0 Å². The molecule has 0 fully saturated rings. The zero-order valence-corrected chi connectivity index (χ0v) is 14.8. The predicted octanol–water partition coefficient (Wildman–Crippen LogP) is 5.09. The van der Waals surface area contributed by atoms with Crippen LogP contribution in [0.1, 0.15) is 29.2 Å². The monoisotopic (exact) mass is 372 g/mol. The predicted molar refractivity (Wildman–Crippen MR) is 85.5 cm³/mol. The minimum absolute atomic E-state index is 0.434. The van der Waals surface area contributed by atoms with Crippen molar-refractivity contribution in [1.29, 1.82) is 0 Å². The van der Waals surface area contributed by atoms with Crippen LogP contribution in [0.3, 0.4) is 0 Å². The summed E-state index contributed by atoms with van der Waals surface area (Å²) in [5, 5.41) is 0. The zero-order chi connectivity index (χ0) is 13.7. The molecule has 1 aliphatic carbocycles. The zero-order valence-electron chi connectivity index (χ0n) is 10.5. The van der Waals surface area contributed by atoms with Crippen molar-refractivity contribution in [2.24, 2.45) is 0 Å². The summed E-state index contributed by atoms with van der Waals surface area (Å²) < 4.78 is -0.434. The average Bonchev–Trinajstić information content (AvgIpc) is 2.38. The first kappa shape index (κ1) is 13.8. The Bertz CT molecular complexity index is 586. The van der Waals surface area contributed by atoms with Crippen LogP contribution in [0, 0.1) is 0 Å². The molecule has 0 nitrogen and oxygen atoms in total. The average molecular weight is 372 g/mol. The third-order valence-corrected chi connectivity index (χ3v) is 13.5. The molecule has 1 aliphatic rings. The van der Waals surface area contributed by atoms with Gasteiger partial charge in [-0.2, -0.15) is 0 Å². The van der Waals surface area contributed by atoms with Gasteiger partial charge in [0.25, 0.3) is 0 Å². The Morgan fingerprint density at radius 3 is 1.68 bits per heavy atom. The van der Waals surface area contributed by atoms with Crippen LogP contribution in [0.5, 0.6) is 0 Å². The minimum atomic E-state index is -3.52. The van der Waals surface area contributed by atoms with Crippen molar-refractivity contribution < 1.29 is 0 Å². The van der Waals surface area contributed by atoms with Gasteiger partial charge >= 0.3 is 129 Å². The Morgan fingerprint density at radius 2 is 1.26 bits per heavy atom. The van der Waals surface area contributed by atoms with E-state index in [2.05, 4.69) is 43.3 Å². The molecule has 0 saturated heterocycles. The molecule has 19 heavy (non-hydrogen) atoms. The van der Waals surface area contributed by atoms with E-state index < -0.39 is 14.7 Å². The third kappa shape index (κ3) is 2.04. The van der Waals surface area contributed by atoms with Crippen LogP contribution >= 0.6 is 30.0 Å². The number of rotatable bonds is 1. The Morgan fingerprint density at radius 1 is 0.842 bits per heavy atom. The molecule has 0 aliphatic heterocycles. The number of benzene rings is 2. The Balaban J connectivity index is 2.35. The summed E-state index contributed by atoms with van der Waals surface area (Å²) in [7, 11) is 16.1. The van der Waals surface area contributed by atoms with Gasteiger partial charge in [-0.05, 0) is 0 Å². The maximum absolute atomic E-state index is 6.53. The van der Waals surface area contributed by atoms with Gasteiger partial charge in [0.1, 0.15) is 0 Å². The molecule has 0 heterocycles. The molecule has 0 atom stereocenters. The molecule has 0 saturated carbocycles. The van der Waals surface area contributed by atoms with Gasteiger partial charge in [0, 0.05) is 0 Å². The Kier molecular flexibility index (Phi) is 3.42. The van der Waals surface area contributed by atoms with Gasteiger partial charge in [0.15, 0.2) is 0 Å². The number of halogens is 3. The van der Waals surface area contributed by atoms with E-state index in [1.54, 1.807) is 0 Å². The van der Waals surface area contributed by atoms with Gasteiger partial charge in [0.2, 0.25) is 0 Å². The molecule has 0 N–H and O–H groups in total. The van der Waals surface area contributed by atoms with Crippen molar-refractivity contribution in [3.63, 3.8) is 0 Å². The molecule has 0 aromatic heterocycles. The van der Waals surface area contributed by atoms with Crippen LogP contribution in [0.25, 0.3) is 0 Å². The van der Waals surface area contributed by atoms with Crippen LogP contribution in [0.15, 0.2) is 48.5 Å². The van der Waals surface area contributed by atoms with Crippen LogP contribution in [-0.2, 0) is 10.7 Å². The molecule has 2 aromatic rings. The van der Waals surface area contributed by atoms with Gasteiger partial charge in [-0.25, -0.2) is 0 Å².